The minimum Gasteiger partial charge on any atom is -0.490 e. The van der Waals surface area contributed by atoms with Gasteiger partial charge >= 0.3 is 0 Å². The third kappa shape index (κ3) is 4.61. The topological polar surface area (TPSA) is 18.5 Å². The van der Waals surface area contributed by atoms with E-state index in [1.165, 1.54) is 67.6 Å². The molecular weight excluding hydrogens is 685 g/mol. The van der Waals surface area contributed by atoms with Crippen molar-refractivity contribution in [2.24, 2.45) is 29.1 Å². The van der Waals surface area contributed by atoms with Crippen LogP contribution < -0.4 is 0 Å². The zero-order valence-electron chi connectivity index (χ0n) is 30.1. The molecule has 4 heterocycles. The second-order valence-electron chi connectivity index (χ2n) is 16.9. The molecule has 2 nitrogen and oxygen atoms in total. The molecule has 3 aliphatic heterocycles. The Morgan fingerprint density at radius 2 is 1.55 bits per heavy atom. The molecule has 0 radical (unpaired) electrons. The minimum absolute atomic E-state index is 0.0448. The van der Waals surface area contributed by atoms with Gasteiger partial charge in [0, 0.05) is 65.3 Å². The summed E-state index contributed by atoms with van der Waals surface area (Å²) in [6.07, 6.45) is 32.1. The van der Waals surface area contributed by atoms with Gasteiger partial charge in [0.2, 0.25) is 0 Å². The largest absolute Gasteiger partial charge is 0.490 e. The van der Waals surface area contributed by atoms with Gasteiger partial charge < -0.3 is 9.47 Å². The molecular formula is C49H46O2S2. The van der Waals surface area contributed by atoms with Crippen LogP contribution in [-0.2, 0) is 9.47 Å². The van der Waals surface area contributed by atoms with Crippen LogP contribution in [0.15, 0.2) is 143 Å². The van der Waals surface area contributed by atoms with E-state index in [9.17, 15) is 0 Å². The third-order valence-corrected chi connectivity index (χ3v) is 17.2. The number of rotatable bonds is 2. The van der Waals surface area contributed by atoms with E-state index in [0.717, 1.165) is 25.7 Å². The SMILES string of the molecule is C1=CC2OC3CC(C4=CCCC5Sc6ccccc6C45)C=CC3C3(C4=CCCC=C4OC4CC(c5cccc6sc7ccccc7c56)CCC43)C2C=C1. The number of benzene rings is 3. The molecule has 3 aromatic carbocycles. The number of hydrogen-bond acceptors (Lipinski definition) is 4. The fourth-order valence-electron chi connectivity index (χ4n) is 12.7. The Morgan fingerprint density at radius 1 is 0.679 bits per heavy atom. The van der Waals surface area contributed by atoms with Gasteiger partial charge in [-0.25, -0.2) is 0 Å². The Kier molecular flexibility index (Phi) is 7.32. The molecule has 266 valence electrons. The Labute approximate surface area is 321 Å². The van der Waals surface area contributed by atoms with Crippen LogP contribution in [0, 0.1) is 29.1 Å². The van der Waals surface area contributed by atoms with Crippen molar-refractivity contribution in [2.45, 2.75) is 91.7 Å². The van der Waals surface area contributed by atoms with Crippen LogP contribution >= 0.6 is 23.1 Å². The van der Waals surface area contributed by atoms with Gasteiger partial charge in [-0.3, -0.25) is 0 Å². The van der Waals surface area contributed by atoms with E-state index in [4.69, 9.17) is 9.47 Å². The van der Waals surface area contributed by atoms with Gasteiger partial charge in [0.1, 0.15) is 11.9 Å². The molecule has 1 aromatic heterocycles. The first kappa shape index (κ1) is 31.7. The van der Waals surface area contributed by atoms with Crippen molar-refractivity contribution in [3.8, 4) is 0 Å². The summed E-state index contributed by atoms with van der Waals surface area (Å²) < 4.78 is 17.4. The Balaban J connectivity index is 0.951. The smallest absolute Gasteiger partial charge is 0.119 e. The van der Waals surface area contributed by atoms with Gasteiger partial charge in [-0.15, -0.1) is 23.1 Å². The molecule has 1 spiro atoms. The van der Waals surface area contributed by atoms with Crippen LogP contribution in [0.5, 0.6) is 0 Å². The number of thioether (sulfide) groups is 1. The molecule has 53 heavy (non-hydrogen) atoms. The predicted octanol–water partition coefficient (Wildman–Crippen LogP) is 12.6. The summed E-state index contributed by atoms with van der Waals surface area (Å²) in [5, 5.41) is 3.56. The molecule has 2 saturated heterocycles. The van der Waals surface area contributed by atoms with Crippen LogP contribution in [0.4, 0.5) is 0 Å². The molecule has 4 heteroatoms. The summed E-state index contributed by atoms with van der Waals surface area (Å²) in [6.45, 7) is 0. The molecule has 0 amide bonds. The van der Waals surface area contributed by atoms with Crippen molar-refractivity contribution in [3.63, 3.8) is 0 Å². The monoisotopic (exact) mass is 730 g/mol. The molecule has 11 atom stereocenters. The maximum Gasteiger partial charge on any atom is 0.119 e. The van der Waals surface area contributed by atoms with Crippen molar-refractivity contribution in [3.05, 3.63) is 149 Å². The van der Waals surface area contributed by atoms with Gasteiger partial charge in [-0.1, -0.05) is 103 Å². The van der Waals surface area contributed by atoms with Crippen molar-refractivity contribution >= 4 is 43.3 Å². The first-order valence-electron chi connectivity index (χ1n) is 20.4. The molecule has 12 rings (SSSR count). The summed E-state index contributed by atoms with van der Waals surface area (Å²) in [6, 6.07) is 25.3. The van der Waals surface area contributed by atoms with E-state index >= 15 is 0 Å². The second-order valence-corrected chi connectivity index (χ2v) is 19.3. The standard InChI is InChI=1S/C49H46O2S2/c1-7-19-43-33(11-1)47-31(13-9-21-45(47)52-43)29-23-25-37-41(27-29)50-39-17-5-3-15-35(39)49(37)36-16-4-6-18-40(36)51-42-28-30(24-26-38(42)49)32-14-10-22-46-48(32)34-12-2-8-20-44(34)53-46/h1-3,5,7-8,10-20,22-23,25,29-30,35,37-39,41-42,45,47H,4,6,9,21,24,26-28H2. The lowest BCUT2D eigenvalue weighted by atomic mass is 9.45. The molecule has 11 unspecified atom stereocenters. The van der Waals surface area contributed by atoms with Gasteiger partial charge in [0.15, 0.2) is 0 Å². The van der Waals surface area contributed by atoms with E-state index in [1.807, 2.05) is 11.3 Å². The summed E-state index contributed by atoms with van der Waals surface area (Å²) in [5.41, 5.74) is 6.21. The van der Waals surface area contributed by atoms with Gasteiger partial charge in [0.05, 0.1) is 12.2 Å². The van der Waals surface area contributed by atoms with Crippen molar-refractivity contribution in [2.75, 3.05) is 0 Å². The fraction of sp³-hybridized carbons (Fsp3) is 0.388. The quantitative estimate of drug-likeness (QED) is 0.191. The molecule has 4 aromatic rings. The summed E-state index contributed by atoms with van der Waals surface area (Å²) in [7, 11) is 0. The summed E-state index contributed by atoms with van der Waals surface area (Å²) >= 11 is 4.07. The Morgan fingerprint density at radius 3 is 2.55 bits per heavy atom. The molecule has 0 N–H and O–H groups in total. The number of fused-ring (bicyclic) bond motifs is 14. The fourth-order valence-corrected chi connectivity index (χ4v) is 15.3. The molecule has 3 fully saturated rings. The highest BCUT2D eigenvalue weighted by Gasteiger charge is 2.65. The predicted molar refractivity (Wildman–Crippen MR) is 219 cm³/mol. The number of ether oxygens (including phenoxy) is 2. The second kappa shape index (κ2) is 12.2. The van der Waals surface area contributed by atoms with E-state index < -0.39 is 0 Å². The maximum atomic E-state index is 7.35. The van der Waals surface area contributed by atoms with Crippen LogP contribution in [0.25, 0.3) is 20.2 Å². The average Bonchev–Trinajstić information content (AvgIpc) is 3.79. The third-order valence-electron chi connectivity index (χ3n) is 14.6. The van der Waals surface area contributed by atoms with Gasteiger partial charge in [0.25, 0.3) is 0 Å². The van der Waals surface area contributed by atoms with Crippen LogP contribution in [0.3, 0.4) is 0 Å². The molecule has 1 saturated carbocycles. The highest BCUT2D eigenvalue weighted by atomic mass is 32.2. The summed E-state index contributed by atoms with van der Waals surface area (Å²) in [4.78, 5) is 1.50. The maximum absolute atomic E-state index is 7.35. The van der Waals surface area contributed by atoms with Gasteiger partial charge in [-0.05, 0) is 98.3 Å². The van der Waals surface area contributed by atoms with E-state index in [1.54, 1.807) is 11.1 Å². The van der Waals surface area contributed by atoms with E-state index in [0.29, 0.717) is 40.8 Å². The minimum atomic E-state index is -0.0448. The van der Waals surface area contributed by atoms with Crippen LogP contribution in [0.1, 0.15) is 74.3 Å². The van der Waals surface area contributed by atoms with Crippen molar-refractivity contribution in [1.82, 2.24) is 0 Å². The Bertz CT molecular complexity index is 2340. The zero-order chi connectivity index (χ0) is 34.7. The van der Waals surface area contributed by atoms with Crippen LogP contribution in [0.2, 0.25) is 0 Å². The van der Waals surface area contributed by atoms with Gasteiger partial charge in [-0.2, -0.15) is 0 Å². The number of thiophene rings is 1. The van der Waals surface area contributed by atoms with Crippen molar-refractivity contribution in [1.29, 1.82) is 0 Å². The number of allylic oxidation sites excluding steroid dienone is 8. The van der Waals surface area contributed by atoms with Crippen molar-refractivity contribution < 1.29 is 9.47 Å². The molecule has 8 aliphatic rings. The number of hydrogen-bond donors (Lipinski definition) is 0. The van der Waals surface area contributed by atoms with E-state index in [-0.39, 0.29) is 23.7 Å². The normalized spacial score (nSPS) is 37.8. The van der Waals surface area contributed by atoms with Crippen LogP contribution in [-0.4, -0.2) is 23.6 Å². The Hall–Kier alpha value is -3.57. The average molecular weight is 731 g/mol. The molecule has 0 bridgehead atoms. The first-order valence-corrected chi connectivity index (χ1v) is 22.1. The molecule has 5 aliphatic carbocycles. The zero-order valence-corrected chi connectivity index (χ0v) is 31.7. The summed E-state index contributed by atoms with van der Waals surface area (Å²) in [5.74, 6) is 3.70. The van der Waals surface area contributed by atoms with E-state index in [2.05, 4.69) is 133 Å². The highest BCUT2D eigenvalue weighted by Crippen LogP contribution is 2.67. The highest BCUT2D eigenvalue weighted by molar-refractivity contribution is 8.00. The lowest BCUT2D eigenvalue weighted by Crippen LogP contribution is -2.64. The lowest BCUT2D eigenvalue weighted by molar-refractivity contribution is -0.191. The first-order chi connectivity index (χ1) is 26.3. The lowest BCUT2D eigenvalue weighted by Gasteiger charge is -2.64.